The molecule has 0 unspecified atom stereocenters. The quantitative estimate of drug-likeness (QED) is 0.159. The number of nitrogens with zero attached hydrogens (tertiary/aromatic N) is 3. The Labute approximate surface area is 379 Å². The number of rotatable bonds is 7. The summed E-state index contributed by atoms with van der Waals surface area (Å²) in [6.45, 7) is 0. The third kappa shape index (κ3) is 5.69. The second-order valence-electron chi connectivity index (χ2n) is 17.3. The van der Waals surface area contributed by atoms with Crippen LogP contribution in [0.4, 0.5) is 34.3 Å². The van der Waals surface area contributed by atoms with Gasteiger partial charge in [0.05, 0.1) is 16.6 Å². The molecule has 11 aromatic rings. The first-order valence-electron chi connectivity index (χ1n) is 22.6. The summed E-state index contributed by atoms with van der Waals surface area (Å²) in [5.41, 5.74) is 17.7. The van der Waals surface area contributed by atoms with Gasteiger partial charge >= 0.3 is 0 Å². The molecule has 0 spiro atoms. The van der Waals surface area contributed by atoms with Gasteiger partial charge in [-0.15, -0.1) is 0 Å². The number of aromatic nitrogens is 1. The van der Waals surface area contributed by atoms with Crippen LogP contribution in [0.3, 0.4) is 0 Å². The lowest BCUT2D eigenvalue weighted by Gasteiger charge is -2.35. The van der Waals surface area contributed by atoms with Gasteiger partial charge in [-0.3, -0.25) is 9.47 Å². The monoisotopic (exact) mass is 829 g/mol. The fourth-order valence-corrected chi connectivity index (χ4v) is 11.1. The summed E-state index contributed by atoms with van der Waals surface area (Å²) in [7, 11) is 0. The molecule has 2 heterocycles. The molecule has 3 heteroatoms. The molecular formula is C62H43N3. The average molecular weight is 830 g/mol. The normalized spacial score (nSPS) is 13.3. The van der Waals surface area contributed by atoms with Crippen LogP contribution in [0.1, 0.15) is 33.4 Å². The molecule has 65 heavy (non-hydrogen) atoms. The van der Waals surface area contributed by atoms with E-state index in [1.165, 1.54) is 77.7 Å². The molecule has 0 fully saturated rings. The summed E-state index contributed by atoms with van der Waals surface area (Å²) >= 11 is 0. The van der Waals surface area contributed by atoms with Crippen molar-refractivity contribution in [2.24, 2.45) is 0 Å². The Morgan fingerprint density at radius 1 is 0.400 bits per heavy atom. The highest BCUT2D eigenvalue weighted by Crippen LogP contribution is 2.58. The maximum absolute atomic E-state index is 2.48. The van der Waals surface area contributed by atoms with Crippen LogP contribution in [0.15, 0.2) is 249 Å². The summed E-state index contributed by atoms with van der Waals surface area (Å²) in [5, 5.41) is 3.66. The second kappa shape index (κ2) is 14.9. The van der Waals surface area contributed by atoms with Gasteiger partial charge in [-0.1, -0.05) is 176 Å². The van der Waals surface area contributed by atoms with Crippen molar-refractivity contribution < 1.29 is 0 Å². The molecule has 0 saturated carbocycles. The van der Waals surface area contributed by atoms with E-state index >= 15 is 0 Å². The minimum atomic E-state index is -0.524. The predicted molar refractivity (Wildman–Crippen MR) is 270 cm³/mol. The van der Waals surface area contributed by atoms with Crippen molar-refractivity contribution in [1.29, 1.82) is 0 Å². The van der Waals surface area contributed by atoms with Gasteiger partial charge in [0.25, 0.3) is 0 Å². The summed E-state index contributed by atoms with van der Waals surface area (Å²) < 4.78 is 2.47. The zero-order chi connectivity index (χ0) is 42.9. The molecule has 306 valence electrons. The van der Waals surface area contributed by atoms with Crippen LogP contribution in [-0.2, 0) is 11.8 Å². The van der Waals surface area contributed by atoms with Crippen LogP contribution in [0.2, 0.25) is 0 Å². The lowest BCUT2D eigenvalue weighted by Crippen LogP contribution is -2.28. The molecule has 13 rings (SSSR count). The molecule has 1 aromatic heterocycles. The third-order valence-corrected chi connectivity index (χ3v) is 13.8. The van der Waals surface area contributed by atoms with Crippen LogP contribution >= 0.6 is 0 Å². The summed E-state index contributed by atoms with van der Waals surface area (Å²) in [4.78, 5) is 4.95. The summed E-state index contributed by atoms with van der Waals surface area (Å²) in [6.07, 6.45) is 0.818. The molecule has 1 aliphatic carbocycles. The number of hydrogen-bond acceptors (Lipinski definition) is 2. The fourth-order valence-electron chi connectivity index (χ4n) is 11.1. The van der Waals surface area contributed by atoms with Crippen molar-refractivity contribution in [2.45, 2.75) is 11.8 Å². The lowest BCUT2D eigenvalue weighted by atomic mass is 9.67. The van der Waals surface area contributed by atoms with Crippen molar-refractivity contribution in [3.05, 3.63) is 282 Å². The van der Waals surface area contributed by atoms with Gasteiger partial charge in [0.15, 0.2) is 0 Å². The van der Waals surface area contributed by atoms with E-state index in [4.69, 9.17) is 0 Å². The minimum Gasteiger partial charge on any atom is -0.310 e. The molecule has 0 amide bonds. The van der Waals surface area contributed by atoms with Crippen LogP contribution in [0, 0.1) is 0 Å². The first-order chi connectivity index (χ1) is 32.3. The maximum atomic E-state index is 2.48. The summed E-state index contributed by atoms with van der Waals surface area (Å²) in [6, 6.07) is 91.6. The molecule has 0 saturated heterocycles. The van der Waals surface area contributed by atoms with Crippen molar-refractivity contribution in [3.63, 3.8) is 0 Å². The van der Waals surface area contributed by atoms with Gasteiger partial charge in [0.1, 0.15) is 5.82 Å². The maximum Gasteiger partial charge on any atom is 0.127 e. The van der Waals surface area contributed by atoms with E-state index < -0.39 is 5.41 Å². The second-order valence-corrected chi connectivity index (χ2v) is 17.3. The van der Waals surface area contributed by atoms with Gasteiger partial charge < -0.3 is 4.90 Å². The average Bonchev–Trinajstić information content (AvgIpc) is 3.86. The number of fused-ring (bicyclic) bond motifs is 8. The Hall–Kier alpha value is -8.40. The first-order valence-corrected chi connectivity index (χ1v) is 22.6. The Kier molecular flexibility index (Phi) is 8.50. The number of hydrogen-bond donors (Lipinski definition) is 0. The molecule has 2 aliphatic rings. The smallest absolute Gasteiger partial charge is 0.127 e. The SMILES string of the molecule is c1ccc(N2c3ccccc3Cc3c2n(-c2ccccc2)c2ccc(N(c4ccc5c(c4)C(c4ccccc4)(c4ccccc4)c4ccccc4-5)c4ccc5ccccc5c4)cc32)cc1. The van der Waals surface area contributed by atoms with Crippen LogP contribution in [-0.4, -0.2) is 4.57 Å². The van der Waals surface area contributed by atoms with Gasteiger partial charge in [-0.05, 0) is 123 Å². The molecule has 0 bridgehead atoms. The molecule has 0 atom stereocenters. The Morgan fingerprint density at radius 3 is 1.71 bits per heavy atom. The topological polar surface area (TPSA) is 11.4 Å². The zero-order valence-electron chi connectivity index (χ0n) is 35.7. The number of benzene rings is 10. The fraction of sp³-hybridized carbons (Fsp3) is 0.0323. The van der Waals surface area contributed by atoms with Crippen LogP contribution in [0.5, 0.6) is 0 Å². The minimum absolute atomic E-state index is 0.524. The third-order valence-electron chi connectivity index (χ3n) is 13.8. The van der Waals surface area contributed by atoms with Gasteiger partial charge in [0.2, 0.25) is 0 Å². The molecule has 3 nitrogen and oxygen atoms in total. The Bertz CT molecular complexity index is 3540. The van der Waals surface area contributed by atoms with E-state index in [0.29, 0.717) is 0 Å². The van der Waals surface area contributed by atoms with Crippen molar-refractivity contribution in [3.8, 4) is 16.8 Å². The van der Waals surface area contributed by atoms with E-state index in [1.54, 1.807) is 0 Å². The van der Waals surface area contributed by atoms with Gasteiger partial charge in [0, 0.05) is 45.8 Å². The highest BCUT2D eigenvalue weighted by atomic mass is 15.3. The predicted octanol–water partition coefficient (Wildman–Crippen LogP) is 16.0. The van der Waals surface area contributed by atoms with E-state index in [1.807, 2.05) is 0 Å². The Morgan fingerprint density at radius 2 is 0.954 bits per heavy atom. The zero-order valence-corrected chi connectivity index (χ0v) is 35.7. The summed E-state index contributed by atoms with van der Waals surface area (Å²) in [5.74, 6) is 1.18. The van der Waals surface area contributed by atoms with Gasteiger partial charge in [-0.25, -0.2) is 0 Å². The van der Waals surface area contributed by atoms with Crippen molar-refractivity contribution in [2.75, 3.05) is 9.80 Å². The molecular weight excluding hydrogens is 787 g/mol. The Balaban J connectivity index is 1.09. The van der Waals surface area contributed by atoms with Crippen LogP contribution in [0.25, 0.3) is 38.5 Å². The highest BCUT2D eigenvalue weighted by molar-refractivity contribution is 6.01. The van der Waals surface area contributed by atoms with Crippen molar-refractivity contribution in [1.82, 2.24) is 4.57 Å². The first kappa shape index (κ1) is 37.2. The van der Waals surface area contributed by atoms with Crippen LogP contribution < -0.4 is 9.80 Å². The van der Waals surface area contributed by atoms with E-state index in [-0.39, 0.29) is 0 Å². The largest absolute Gasteiger partial charge is 0.310 e. The molecule has 10 aromatic carbocycles. The molecule has 1 aliphatic heterocycles. The number of para-hydroxylation sites is 3. The van der Waals surface area contributed by atoms with E-state index in [0.717, 1.165) is 34.9 Å². The number of anilines is 6. The van der Waals surface area contributed by atoms with E-state index in [2.05, 4.69) is 263 Å². The van der Waals surface area contributed by atoms with Gasteiger partial charge in [-0.2, -0.15) is 0 Å². The molecule has 0 N–H and O–H groups in total. The standard InChI is InChI=1S/C62H43N3/c1-5-22-46(23-6-1)62(47-24-7-2-8-25-47)57-31-17-16-30-53(57)54-37-35-52(42-58(54)62)63(50-34-33-43-19-13-14-20-44(43)39-50)51-36-38-60-55(41-51)56-40-45-21-15-18-32-59(45)64(48-26-9-3-10-27-48)61(56)65(60)49-28-11-4-12-29-49/h1-39,41-42H,40H2. The highest BCUT2D eigenvalue weighted by Gasteiger charge is 2.46. The van der Waals surface area contributed by atoms with E-state index in [9.17, 15) is 0 Å². The van der Waals surface area contributed by atoms with Crippen molar-refractivity contribution >= 4 is 55.9 Å². The lowest BCUT2D eigenvalue weighted by molar-refractivity contribution is 0.768. The molecule has 0 radical (unpaired) electrons.